The van der Waals surface area contributed by atoms with E-state index >= 15 is 0 Å². The molecule has 4 atom stereocenters. The lowest BCUT2D eigenvalue weighted by molar-refractivity contribution is -0.151. The van der Waals surface area contributed by atoms with Crippen LogP contribution in [0.1, 0.15) is 29.5 Å². The molecule has 3 aromatic carbocycles. The van der Waals surface area contributed by atoms with E-state index in [4.69, 9.17) is 33.2 Å². The molecule has 11 nitrogen and oxygen atoms in total. The van der Waals surface area contributed by atoms with E-state index in [-0.39, 0.29) is 12.8 Å². The molecule has 0 unspecified atom stereocenters. The number of hydrogen-bond donors (Lipinski definition) is 0. The van der Waals surface area contributed by atoms with Crippen LogP contribution in [-0.2, 0) is 23.9 Å². The van der Waals surface area contributed by atoms with E-state index in [1.807, 2.05) is 0 Å². The first-order valence-corrected chi connectivity index (χ1v) is 16.1. The number of ketones is 3. The van der Waals surface area contributed by atoms with Crippen molar-refractivity contribution in [3.05, 3.63) is 89.5 Å². The summed E-state index contributed by atoms with van der Waals surface area (Å²) in [7, 11) is 9.09. The van der Waals surface area contributed by atoms with E-state index in [0.717, 1.165) is 0 Å². The van der Waals surface area contributed by atoms with Crippen molar-refractivity contribution in [2.45, 2.75) is 18.9 Å². The second-order valence-corrected chi connectivity index (χ2v) is 12.1. The Morgan fingerprint density at radius 1 is 0.588 bits per heavy atom. The number of allylic oxidation sites excluding steroid dienone is 3. The van der Waals surface area contributed by atoms with Gasteiger partial charge < -0.3 is 33.2 Å². The average Bonchev–Trinajstić information content (AvgIpc) is 3.43. The lowest BCUT2D eigenvalue weighted by Crippen LogP contribution is -2.47. The van der Waals surface area contributed by atoms with Crippen LogP contribution >= 0.6 is 0 Å². The largest absolute Gasteiger partial charge is 0.493 e. The first-order chi connectivity index (χ1) is 24.6. The van der Waals surface area contributed by atoms with Crippen molar-refractivity contribution < 1.29 is 52.3 Å². The molecule has 0 radical (unpaired) electrons. The fraction of sp³-hybridized carbons (Fsp3) is 0.300. The molecular weight excluding hydrogens is 656 g/mol. The van der Waals surface area contributed by atoms with Gasteiger partial charge in [-0.15, -0.1) is 0 Å². The summed E-state index contributed by atoms with van der Waals surface area (Å²) in [4.78, 5) is 55.4. The highest BCUT2D eigenvalue weighted by Crippen LogP contribution is 2.52. The molecule has 3 aromatic rings. The van der Waals surface area contributed by atoms with Gasteiger partial charge in [-0.2, -0.15) is 0 Å². The van der Waals surface area contributed by atoms with E-state index in [1.54, 1.807) is 72.8 Å². The molecule has 1 heterocycles. The number of benzene rings is 3. The van der Waals surface area contributed by atoms with Crippen LogP contribution in [0.2, 0.25) is 0 Å². The SMILES string of the molecule is COc1ccc(/C=C/C(=O)[C@H]2[C@H]3C[C@@](C(=O)/C=C/c4ccc(OC)c(OC)c4)(C[C@H]2C(=O)/C=C/c2ccc(OC)c(OC)c2)C(=O)O3)cc1OC. The minimum atomic E-state index is -1.64. The van der Waals surface area contributed by atoms with Crippen molar-refractivity contribution in [3.63, 3.8) is 0 Å². The smallest absolute Gasteiger partial charge is 0.320 e. The summed E-state index contributed by atoms with van der Waals surface area (Å²) in [6.45, 7) is 0. The number of carbonyl (C=O) groups excluding carboxylic acids is 4. The van der Waals surface area contributed by atoms with E-state index < -0.39 is 46.7 Å². The number of esters is 1. The Balaban J connectivity index is 1.47. The molecule has 0 amide bonds. The van der Waals surface area contributed by atoms with Gasteiger partial charge in [-0.25, -0.2) is 0 Å². The number of methoxy groups -OCH3 is 6. The van der Waals surface area contributed by atoms with Crippen molar-refractivity contribution in [2.24, 2.45) is 17.3 Å². The lowest BCUT2D eigenvalue weighted by Gasteiger charge is -2.35. The summed E-state index contributed by atoms with van der Waals surface area (Å²) in [5.41, 5.74) is 0.294. The Morgan fingerprint density at radius 2 is 1.00 bits per heavy atom. The van der Waals surface area contributed by atoms with Crippen molar-refractivity contribution >= 4 is 41.5 Å². The maximum atomic E-state index is 14.0. The van der Waals surface area contributed by atoms with Crippen LogP contribution in [-0.4, -0.2) is 72.1 Å². The fourth-order valence-electron chi connectivity index (χ4n) is 6.60. The molecular formula is C40H40O11. The first-order valence-electron chi connectivity index (χ1n) is 16.1. The van der Waals surface area contributed by atoms with Gasteiger partial charge in [0.1, 0.15) is 11.5 Å². The highest BCUT2D eigenvalue weighted by molar-refractivity contribution is 6.14. The molecule has 0 N–H and O–H groups in total. The molecule has 1 aliphatic heterocycles. The van der Waals surface area contributed by atoms with Crippen molar-refractivity contribution in [3.8, 4) is 34.5 Å². The summed E-state index contributed by atoms with van der Waals surface area (Å²) in [6.07, 6.45) is 7.56. The summed E-state index contributed by atoms with van der Waals surface area (Å²) in [5, 5.41) is 0. The van der Waals surface area contributed by atoms with Gasteiger partial charge in [0, 0.05) is 12.3 Å². The zero-order valence-corrected chi connectivity index (χ0v) is 29.3. The molecule has 2 bridgehead atoms. The molecule has 266 valence electrons. The molecule has 2 fully saturated rings. The van der Waals surface area contributed by atoms with Gasteiger partial charge in [-0.3, -0.25) is 19.2 Å². The maximum absolute atomic E-state index is 14.0. The molecule has 0 aromatic heterocycles. The van der Waals surface area contributed by atoms with E-state index in [1.165, 1.54) is 60.9 Å². The molecule has 51 heavy (non-hydrogen) atoms. The Hall–Kier alpha value is -5.84. The average molecular weight is 697 g/mol. The Kier molecular flexibility index (Phi) is 11.3. The van der Waals surface area contributed by atoms with Gasteiger partial charge in [-0.1, -0.05) is 36.4 Å². The van der Waals surface area contributed by atoms with Gasteiger partial charge >= 0.3 is 5.97 Å². The Labute approximate surface area is 296 Å². The van der Waals surface area contributed by atoms with Crippen molar-refractivity contribution in [1.29, 1.82) is 0 Å². The predicted molar refractivity (Wildman–Crippen MR) is 189 cm³/mol. The third-order valence-electron chi connectivity index (χ3n) is 9.30. The van der Waals surface area contributed by atoms with Crippen LogP contribution in [0.15, 0.2) is 72.8 Å². The molecule has 1 saturated carbocycles. The zero-order valence-electron chi connectivity index (χ0n) is 29.3. The van der Waals surface area contributed by atoms with E-state index in [2.05, 4.69) is 0 Å². The normalized spacial score (nSPS) is 21.1. The van der Waals surface area contributed by atoms with Gasteiger partial charge in [0.25, 0.3) is 0 Å². The maximum Gasteiger partial charge on any atom is 0.320 e. The molecule has 1 aliphatic carbocycles. The second kappa shape index (κ2) is 15.8. The van der Waals surface area contributed by atoms with Crippen LogP contribution in [0, 0.1) is 17.3 Å². The molecule has 2 aliphatic rings. The van der Waals surface area contributed by atoms with Gasteiger partial charge in [0.05, 0.1) is 48.6 Å². The number of hydrogen-bond acceptors (Lipinski definition) is 11. The van der Waals surface area contributed by atoms with Crippen LogP contribution in [0.3, 0.4) is 0 Å². The molecule has 1 saturated heterocycles. The Bertz CT molecular complexity index is 1910. The van der Waals surface area contributed by atoms with Crippen molar-refractivity contribution in [2.75, 3.05) is 42.7 Å². The summed E-state index contributed by atoms with van der Waals surface area (Å²) >= 11 is 0. The third kappa shape index (κ3) is 7.52. The van der Waals surface area contributed by atoms with Gasteiger partial charge in [0.2, 0.25) is 0 Å². The van der Waals surface area contributed by atoms with Gasteiger partial charge in [-0.05, 0) is 77.7 Å². The van der Waals surface area contributed by atoms with Crippen LogP contribution in [0.4, 0.5) is 0 Å². The number of fused-ring (bicyclic) bond motifs is 2. The van der Waals surface area contributed by atoms with Crippen molar-refractivity contribution in [1.82, 2.24) is 0 Å². The first kappa shape index (κ1) is 36.4. The second-order valence-electron chi connectivity index (χ2n) is 12.1. The zero-order chi connectivity index (χ0) is 36.7. The minimum absolute atomic E-state index is 0.0370. The molecule has 11 heteroatoms. The number of ether oxygens (including phenoxy) is 7. The summed E-state index contributed by atoms with van der Waals surface area (Å²) in [5.74, 6) is -1.17. The number of rotatable bonds is 15. The van der Waals surface area contributed by atoms with E-state index in [9.17, 15) is 19.2 Å². The topological polar surface area (TPSA) is 133 Å². The number of carbonyl (C=O) groups is 4. The monoisotopic (exact) mass is 696 g/mol. The van der Waals surface area contributed by atoms with E-state index in [0.29, 0.717) is 51.2 Å². The van der Waals surface area contributed by atoms with Crippen LogP contribution < -0.4 is 28.4 Å². The minimum Gasteiger partial charge on any atom is -0.493 e. The predicted octanol–water partition coefficient (Wildman–Crippen LogP) is 5.82. The highest BCUT2D eigenvalue weighted by Gasteiger charge is 2.63. The van der Waals surface area contributed by atoms with Crippen LogP contribution in [0.25, 0.3) is 18.2 Å². The lowest BCUT2D eigenvalue weighted by atomic mass is 9.61. The summed E-state index contributed by atoms with van der Waals surface area (Å²) < 4.78 is 37.8. The molecule has 5 rings (SSSR count). The third-order valence-corrected chi connectivity index (χ3v) is 9.30. The highest BCUT2D eigenvalue weighted by atomic mass is 16.6. The molecule has 0 spiro atoms. The fourth-order valence-corrected chi connectivity index (χ4v) is 6.60. The van der Waals surface area contributed by atoms with Crippen LogP contribution in [0.5, 0.6) is 34.5 Å². The standard InChI is InChI=1S/C40H40O11/c1-45-30-15-9-24(19-33(30)48-4)7-13-28(41)27-22-40(37(43)18-12-26-11-17-32(47-3)35(21-26)50-6)23-36(51-39(40)44)38(27)29(42)14-8-25-10-16-31(46-2)34(20-25)49-5/h7-21,27,36,38H,22-23H2,1-6H3/b13-7+,14-8+,18-12+/t27-,36+,38-,40+/m0/s1. The van der Waals surface area contributed by atoms with Gasteiger partial charge in [0.15, 0.2) is 51.8 Å². The quantitative estimate of drug-likeness (QED) is 0.108. The Morgan fingerprint density at radius 3 is 1.43 bits per heavy atom. The summed E-state index contributed by atoms with van der Waals surface area (Å²) in [6, 6.07) is 15.5.